The van der Waals surface area contributed by atoms with E-state index < -0.39 is 48.1 Å². The second-order valence-corrected chi connectivity index (χ2v) is 5.31. The molecular weight excluding hydrogens is 331 g/mol. The first-order valence-corrected chi connectivity index (χ1v) is 7.36. The molecule has 0 aromatic heterocycles. The molecule has 24 heavy (non-hydrogen) atoms. The van der Waals surface area contributed by atoms with Crippen molar-refractivity contribution in [3.05, 3.63) is 11.8 Å². The molecule has 5 N–H and O–H groups in total. The van der Waals surface area contributed by atoms with Crippen LogP contribution in [0.1, 0.15) is 20.3 Å². The second-order valence-electron chi connectivity index (χ2n) is 5.31. The quantitative estimate of drug-likeness (QED) is 0.125. The molecule has 0 spiro atoms. The van der Waals surface area contributed by atoms with Gasteiger partial charge in [-0.1, -0.05) is 6.92 Å². The second kappa shape index (κ2) is 11.0. The number of aliphatic hydroxyl groups is 3. The number of aliphatic hydroxyl groups excluding tert-OH is 3. The summed E-state index contributed by atoms with van der Waals surface area (Å²) in [6.07, 6.45) is -3.86. The molecule has 0 fully saturated rings. The summed E-state index contributed by atoms with van der Waals surface area (Å²) in [5.74, 6) is -2.60. The molecule has 0 unspecified atom stereocenters. The van der Waals surface area contributed by atoms with E-state index in [-0.39, 0.29) is 36.1 Å². The Hall–Kier alpha value is -0.680. The molecule has 0 aromatic rings. The van der Waals surface area contributed by atoms with Gasteiger partial charge in [0, 0.05) is 6.54 Å². The first-order chi connectivity index (χ1) is 10.8. The molecule has 0 aromatic carbocycles. The zero-order valence-electron chi connectivity index (χ0n) is 14.0. The molecule has 10 heteroatoms. The van der Waals surface area contributed by atoms with Crippen LogP contribution in [0.4, 0.5) is 0 Å². The Kier molecular flexibility index (Phi) is 10.7. The largest absolute Gasteiger partial charge is 1.00 e. The average Bonchev–Trinajstić information content (AvgIpc) is 2.47. The SMILES string of the molecule is CCCNC[C@@H](O)[C@@H](O)[C@@H]1OC(C(=O)O)=C[C@H](O)[C@H]1N=C(C)[O-].[Na+]. The molecule has 0 saturated carbocycles. The maximum Gasteiger partial charge on any atom is 1.00 e. The molecular formula is C14H23N2NaO7. The number of nitrogens with zero attached hydrogens (tertiary/aromatic N) is 1. The molecule has 9 nitrogen and oxygen atoms in total. The standard InChI is InChI=1S/C14H24N2O7.Na/c1-3-4-15-6-9(19)12(20)13-11(16-7(2)17)8(18)5-10(23-13)14(21)22;/h5,8-9,11-13,15,18-20H,3-4,6H2,1-2H3,(H,16,17)(H,21,22);/q;+1/p-1/t8-,9+,11+,12+,13+;/m0./s1. The summed E-state index contributed by atoms with van der Waals surface area (Å²) in [7, 11) is 0. The molecule has 0 aliphatic carbocycles. The Morgan fingerprint density at radius 1 is 1.50 bits per heavy atom. The van der Waals surface area contributed by atoms with Gasteiger partial charge in [0.05, 0.1) is 6.10 Å². The van der Waals surface area contributed by atoms with Crippen molar-refractivity contribution < 1.29 is 64.6 Å². The topological polar surface area (TPSA) is 155 Å². The van der Waals surface area contributed by atoms with Gasteiger partial charge in [0.1, 0.15) is 18.2 Å². The van der Waals surface area contributed by atoms with Crippen LogP contribution in [0.15, 0.2) is 16.8 Å². The van der Waals surface area contributed by atoms with Crippen molar-refractivity contribution in [2.75, 3.05) is 13.1 Å². The third-order valence-corrected chi connectivity index (χ3v) is 3.32. The van der Waals surface area contributed by atoms with Crippen LogP contribution in [-0.2, 0) is 9.53 Å². The van der Waals surface area contributed by atoms with Gasteiger partial charge in [0.15, 0.2) is 6.10 Å². The van der Waals surface area contributed by atoms with Crippen molar-refractivity contribution >= 4 is 11.9 Å². The fourth-order valence-corrected chi connectivity index (χ4v) is 2.22. The third kappa shape index (κ3) is 6.67. The molecule has 0 bridgehead atoms. The van der Waals surface area contributed by atoms with E-state index in [1.54, 1.807) is 0 Å². The fraction of sp³-hybridized carbons (Fsp3) is 0.714. The molecule has 1 aliphatic rings. The van der Waals surface area contributed by atoms with E-state index in [0.29, 0.717) is 6.54 Å². The van der Waals surface area contributed by atoms with Gasteiger partial charge in [-0.15, -0.1) is 0 Å². The van der Waals surface area contributed by atoms with Crippen molar-refractivity contribution in [2.24, 2.45) is 4.99 Å². The summed E-state index contributed by atoms with van der Waals surface area (Å²) in [5.41, 5.74) is 0. The first-order valence-electron chi connectivity index (χ1n) is 7.36. The van der Waals surface area contributed by atoms with Crippen LogP contribution in [0.25, 0.3) is 0 Å². The summed E-state index contributed by atoms with van der Waals surface area (Å²) in [6, 6.07) is -1.20. The average molecular weight is 354 g/mol. The van der Waals surface area contributed by atoms with E-state index in [2.05, 4.69) is 10.3 Å². The maximum atomic E-state index is 11.2. The predicted molar refractivity (Wildman–Crippen MR) is 78.7 cm³/mol. The van der Waals surface area contributed by atoms with Gasteiger partial charge in [0.25, 0.3) is 0 Å². The van der Waals surface area contributed by atoms with Gasteiger partial charge < -0.3 is 35.6 Å². The third-order valence-electron chi connectivity index (χ3n) is 3.32. The monoisotopic (exact) mass is 354 g/mol. The number of carboxylic acid groups (broad SMARTS) is 1. The van der Waals surface area contributed by atoms with Gasteiger partial charge in [-0.2, -0.15) is 0 Å². The number of aliphatic imine (C=N–C) groups is 1. The zero-order valence-corrected chi connectivity index (χ0v) is 16.0. The normalized spacial score (nSPS) is 26.6. The number of hydrogen-bond acceptors (Lipinski definition) is 8. The van der Waals surface area contributed by atoms with Gasteiger partial charge in [0.2, 0.25) is 5.76 Å². The van der Waals surface area contributed by atoms with Gasteiger partial charge in [-0.05, 0) is 31.9 Å². The molecule has 132 valence electrons. The fourth-order valence-electron chi connectivity index (χ4n) is 2.22. The van der Waals surface area contributed by atoms with Gasteiger partial charge in [-0.3, -0.25) is 4.99 Å². The van der Waals surface area contributed by atoms with Crippen LogP contribution in [0.3, 0.4) is 0 Å². The number of rotatable bonds is 8. The van der Waals surface area contributed by atoms with Crippen molar-refractivity contribution in [1.82, 2.24) is 5.32 Å². The molecule has 1 aliphatic heterocycles. The molecule has 1 rings (SSSR count). The molecule has 0 radical (unpaired) electrons. The van der Waals surface area contributed by atoms with Crippen molar-refractivity contribution in [1.29, 1.82) is 0 Å². The van der Waals surface area contributed by atoms with Crippen molar-refractivity contribution in [3.63, 3.8) is 0 Å². The number of ether oxygens (including phenoxy) is 1. The van der Waals surface area contributed by atoms with E-state index in [1.807, 2.05) is 6.92 Å². The number of nitrogens with one attached hydrogen (secondary N) is 1. The summed E-state index contributed by atoms with van der Waals surface area (Å²) < 4.78 is 5.14. The Labute approximate surface area is 162 Å². The first kappa shape index (κ1) is 23.3. The van der Waals surface area contributed by atoms with Gasteiger partial charge in [-0.25, -0.2) is 4.79 Å². The van der Waals surface area contributed by atoms with Crippen LogP contribution < -0.4 is 40.0 Å². The maximum absolute atomic E-state index is 11.2. The summed E-state index contributed by atoms with van der Waals surface area (Å²) >= 11 is 0. The summed E-state index contributed by atoms with van der Waals surface area (Å²) in [6.45, 7) is 3.76. The van der Waals surface area contributed by atoms with Crippen molar-refractivity contribution in [2.45, 2.75) is 50.7 Å². The van der Waals surface area contributed by atoms with Crippen LogP contribution in [0.5, 0.6) is 0 Å². The van der Waals surface area contributed by atoms with E-state index in [1.165, 1.54) is 0 Å². The molecule has 0 amide bonds. The van der Waals surface area contributed by atoms with Crippen LogP contribution in [0.2, 0.25) is 0 Å². The Balaban J connectivity index is 0.00000529. The minimum atomic E-state index is -1.54. The predicted octanol–water partition coefficient (Wildman–Crippen LogP) is -5.41. The smallest absolute Gasteiger partial charge is 0.862 e. The van der Waals surface area contributed by atoms with Crippen molar-refractivity contribution in [3.8, 4) is 0 Å². The van der Waals surface area contributed by atoms with Gasteiger partial charge >= 0.3 is 35.5 Å². The number of carboxylic acids is 1. The van der Waals surface area contributed by atoms with E-state index in [4.69, 9.17) is 9.84 Å². The van der Waals surface area contributed by atoms with Crippen LogP contribution in [-0.4, -0.2) is 75.8 Å². The number of hydrogen-bond donors (Lipinski definition) is 5. The Morgan fingerprint density at radius 3 is 2.62 bits per heavy atom. The number of carbonyl (C=O) groups is 1. The van der Waals surface area contributed by atoms with Crippen LogP contribution in [0, 0.1) is 0 Å². The van der Waals surface area contributed by atoms with E-state index >= 15 is 0 Å². The molecule has 0 saturated heterocycles. The number of aliphatic carboxylic acids is 1. The minimum Gasteiger partial charge on any atom is -0.862 e. The Morgan fingerprint density at radius 2 is 2.12 bits per heavy atom. The minimum absolute atomic E-state index is 0. The molecule has 1 heterocycles. The summed E-state index contributed by atoms with van der Waals surface area (Å²) in [4.78, 5) is 14.7. The summed E-state index contributed by atoms with van der Waals surface area (Å²) in [5, 5.41) is 53.3. The van der Waals surface area contributed by atoms with Crippen LogP contribution >= 0.6 is 0 Å². The zero-order chi connectivity index (χ0) is 17.6. The van der Waals surface area contributed by atoms with E-state index in [0.717, 1.165) is 19.4 Å². The Bertz CT molecular complexity index is 468. The molecule has 5 atom stereocenters. The van der Waals surface area contributed by atoms with E-state index in [9.17, 15) is 25.2 Å².